The third-order valence-corrected chi connectivity index (χ3v) is 1.55. The Balaban J connectivity index is 0.000000371. The van der Waals surface area contributed by atoms with Crippen LogP contribution in [0.2, 0.25) is 0 Å². The van der Waals surface area contributed by atoms with Crippen LogP contribution in [0.3, 0.4) is 0 Å². The fourth-order valence-corrected chi connectivity index (χ4v) is 0.917. The van der Waals surface area contributed by atoms with Gasteiger partial charge < -0.3 is 4.74 Å². The summed E-state index contributed by atoms with van der Waals surface area (Å²) in [5.74, 6) is 0. The molecule has 1 aliphatic heterocycles. The van der Waals surface area contributed by atoms with Crippen LogP contribution in [0.1, 0.15) is 6.92 Å². The van der Waals surface area contributed by atoms with Gasteiger partial charge in [-0.15, -0.1) is 0 Å². The Morgan fingerprint density at radius 3 is 2.10 bits per heavy atom. The van der Waals surface area contributed by atoms with E-state index < -0.39 is 0 Å². The van der Waals surface area contributed by atoms with Crippen LogP contribution in [-0.2, 0) is 4.74 Å². The lowest BCUT2D eigenvalue weighted by atomic mass is 10.4. The standard InChI is InChI=1S/C6H13NO.CH3F/c1-2-7-3-5-8-6-4-7;1-2/h2-6H2,1H3;1H3. The predicted molar refractivity (Wildman–Crippen MR) is 40.0 cm³/mol. The van der Waals surface area contributed by atoms with Crippen LogP contribution in [0.15, 0.2) is 0 Å². The highest BCUT2D eigenvalue weighted by atomic mass is 19.1. The summed E-state index contributed by atoms with van der Waals surface area (Å²) in [5.41, 5.74) is 0. The van der Waals surface area contributed by atoms with Crippen molar-refractivity contribution in [1.82, 2.24) is 4.90 Å². The molecule has 0 aromatic heterocycles. The zero-order valence-corrected chi connectivity index (χ0v) is 6.77. The van der Waals surface area contributed by atoms with Gasteiger partial charge in [-0.25, -0.2) is 0 Å². The van der Waals surface area contributed by atoms with Crippen LogP contribution in [0.5, 0.6) is 0 Å². The zero-order chi connectivity index (χ0) is 7.82. The van der Waals surface area contributed by atoms with E-state index in [-0.39, 0.29) is 0 Å². The van der Waals surface area contributed by atoms with Crippen LogP contribution >= 0.6 is 0 Å². The lowest BCUT2D eigenvalue weighted by Gasteiger charge is -2.24. The van der Waals surface area contributed by atoms with E-state index in [1.165, 1.54) is 6.54 Å². The molecule has 0 unspecified atom stereocenters. The maximum Gasteiger partial charge on any atom is 0.0785 e. The molecule has 0 bridgehead atoms. The normalized spacial score (nSPS) is 19.5. The molecule has 10 heavy (non-hydrogen) atoms. The van der Waals surface area contributed by atoms with Crippen molar-refractivity contribution in [2.75, 3.05) is 40.0 Å². The molecule has 1 rings (SSSR count). The van der Waals surface area contributed by atoms with Crippen molar-refractivity contribution in [3.05, 3.63) is 0 Å². The molecule has 3 heteroatoms. The third-order valence-electron chi connectivity index (χ3n) is 1.55. The quantitative estimate of drug-likeness (QED) is 0.550. The maximum absolute atomic E-state index is 9.50. The number of alkyl halides is 1. The average molecular weight is 149 g/mol. The molecule has 1 heterocycles. The van der Waals surface area contributed by atoms with E-state index >= 15 is 0 Å². The van der Waals surface area contributed by atoms with E-state index in [1.807, 2.05) is 0 Å². The van der Waals surface area contributed by atoms with Crippen LogP contribution in [-0.4, -0.2) is 44.9 Å². The Hall–Kier alpha value is -0.150. The number of morpholine rings is 1. The molecule has 0 aliphatic carbocycles. The highest BCUT2D eigenvalue weighted by Crippen LogP contribution is 1.93. The molecule has 0 spiro atoms. The molecule has 0 aromatic rings. The Morgan fingerprint density at radius 2 is 1.80 bits per heavy atom. The van der Waals surface area contributed by atoms with Crippen molar-refractivity contribution in [3.8, 4) is 0 Å². The Morgan fingerprint density at radius 1 is 1.30 bits per heavy atom. The minimum absolute atomic E-state index is 0.500. The molecule has 0 N–H and O–H groups in total. The fourth-order valence-electron chi connectivity index (χ4n) is 0.917. The van der Waals surface area contributed by atoms with Crippen molar-refractivity contribution >= 4 is 0 Å². The second-order valence-electron chi connectivity index (χ2n) is 2.05. The highest BCUT2D eigenvalue weighted by Gasteiger charge is 2.05. The molecule has 2 nitrogen and oxygen atoms in total. The van der Waals surface area contributed by atoms with Crippen molar-refractivity contribution in [2.45, 2.75) is 6.92 Å². The van der Waals surface area contributed by atoms with Gasteiger partial charge in [0.15, 0.2) is 0 Å². The Labute approximate surface area is 62.0 Å². The summed E-state index contributed by atoms with van der Waals surface area (Å²) in [6.07, 6.45) is 0. The van der Waals surface area contributed by atoms with Crippen molar-refractivity contribution in [3.63, 3.8) is 0 Å². The van der Waals surface area contributed by atoms with Gasteiger partial charge in [0.2, 0.25) is 0 Å². The third kappa shape index (κ3) is 3.80. The maximum atomic E-state index is 9.50. The minimum Gasteiger partial charge on any atom is -0.379 e. The van der Waals surface area contributed by atoms with Crippen molar-refractivity contribution < 1.29 is 9.13 Å². The summed E-state index contributed by atoms with van der Waals surface area (Å²) in [6.45, 7) is 7.45. The predicted octanol–water partition coefficient (Wildman–Crippen LogP) is 0.924. The first-order valence-corrected chi connectivity index (χ1v) is 3.61. The molecule has 0 amide bonds. The first kappa shape index (κ1) is 9.85. The molecule has 0 radical (unpaired) electrons. The fraction of sp³-hybridized carbons (Fsp3) is 1.00. The summed E-state index contributed by atoms with van der Waals surface area (Å²) in [5, 5.41) is 0. The zero-order valence-electron chi connectivity index (χ0n) is 6.77. The van der Waals surface area contributed by atoms with Crippen LogP contribution in [0, 0.1) is 0 Å². The van der Waals surface area contributed by atoms with E-state index in [0.29, 0.717) is 7.18 Å². The van der Waals surface area contributed by atoms with E-state index in [9.17, 15) is 4.39 Å². The molecule has 0 saturated carbocycles. The second kappa shape index (κ2) is 6.96. The summed E-state index contributed by atoms with van der Waals surface area (Å²) < 4.78 is 14.7. The minimum atomic E-state index is 0.500. The average Bonchev–Trinajstić information content (AvgIpc) is 2.10. The lowest BCUT2D eigenvalue weighted by molar-refractivity contribution is 0.0405. The lowest BCUT2D eigenvalue weighted by Crippen LogP contribution is -2.35. The molecule has 62 valence electrons. The van der Waals surface area contributed by atoms with Gasteiger partial charge in [0.05, 0.1) is 20.4 Å². The Bertz CT molecular complexity index is 64.6. The molecular weight excluding hydrogens is 133 g/mol. The largest absolute Gasteiger partial charge is 0.379 e. The molecule has 0 aromatic carbocycles. The molecule has 1 fully saturated rings. The molecule has 1 aliphatic rings. The number of hydrogen-bond donors (Lipinski definition) is 0. The first-order chi connectivity index (χ1) is 4.93. The van der Waals surface area contributed by atoms with Crippen LogP contribution < -0.4 is 0 Å². The Kier molecular flexibility index (Phi) is 6.86. The van der Waals surface area contributed by atoms with Gasteiger partial charge in [0.1, 0.15) is 0 Å². The number of nitrogens with zero attached hydrogens (tertiary/aromatic N) is 1. The van der Waals surface area contributed by atoms with E-state index in [0.717, 1.165) is 26.3 Å². The van der Waals surface area contributed by atoms with Gasteiger partial charge in [-0.3, -0.25) is 9.29 Å². The van der Waals surface area contributed by atoms with Crippen molar-refractivity contribution in [1.29, 1.82) is 0 Å². The van der Waals surface area contributed by atoms with Gasteiger partial charge in [-0.05, 0) is 6.54 Å². The molecular formula is C7H16FNO. The summed E-state index contributed by atoms with van der Waals surface area (Å²) >= 11 is 0. The van der Waals surface area contributed by atoms with Gasteiger partial charge >= 0.3 is 0 Å². The number of hydrogen-bond acceptors (Lipinski definition) is 2. The smallest absolute Gasteiger partial charge is 0.0785 e. The number of likely N-dealkylation sites (N-methyl/N-ethyl adjacent to an activating group) is 1. The first-order valence-electron chi connectivity index (χ1n) is 3.61. The monoisotopic (exact) mass is 149 g/mol. The van der Waals surface area contributed by atoms with E-state index in [2.05, 4.69) is 11.8 Å². The SMILES string of the molecule is CCN1CCOCC1.CF. The molecule has 0 atom stereocenters. The molecule has 1 saturated heterocycles. The van der Waals surface area contributed by atoms with Gasteiger partial charge in [-0.2, -0.15) is 0 Å². The van der Waals surface area contributed by atoms with E-state index in [1.54, 1.807) is 0 Å². The van der Waals surface area contributed by atoms with Gasteiger partial charge in [0, 0.05) is 13.1 Å². The van der Waals surface area contributed by atoms with Gasteiger partial charge in [0.25, 0.3) is 0 Å². The second-order valence-corrected chi connectivity index (χ2v) is 2.05. The van der Waals surface area contributed by atoms with Crippen LogP contribution in [0.4, 0.5) is 4.39 Å². The highest BCUT2D eigenvalue weighted by molar-refractivity contribution is 4.57. The van der Waals surface area contributed by atoms with Crippen molar-refractivity contribution in [2.24, 2.45) is 0 Å². The van der Waals surface area contributed by atoms with Gasteiger partial charge in [-0.1, -0.05) is 6.92 Å². The number of rotatable bonds is 1. The number of ether oxygens (including phenoxy) is 1. The summed E-state index contributed by atoms with van der Waals surface area (Å²) in [6, 6.07) is 0. The van der Waals surface area contributed by atoms with E-state index in [4.69, 9.17) is 4.74 Å². The van der Waals surface area contributed by atoms with Crippen LogP contribution in [0.25, 0.3) is 0 Å². The number of halogens is 1. The summed E-state index contributed by atoms with van der Waals surface area (Å²) in [7, 11) is 0.500. The topological polar surface area (TPSA) is 12.5 Å². The summed E-state index contributed by atoms with van der Waals surface area (Å²) in [4.78, 5) is 2.39.